The molecule has 1 aliphatic carbocycles. The van der Waals surface area contributed by atoms with E-state index in [-0.39, 0.29) is 12.6 Å². The van der Waals surface area contributed by atoms with E-state index in [4.69, 9.17) is 4.74 Å². The van der Waals surface area contributed by atoms with Crippen LogP contribution in [0.1, 0.15) is 30.7 Å². The zero-order chi connectivity index (χ0) is 13.9. The number of ether oxygens (including phenoxy) is 1. The van der Waals surface area contributed by atoms with E-state index in [1.165, 1.54) is 0 Å². The smallest absolute Gasteiger partial charge is 0.390 e. The molecular formula is C14H18F3NO. The first kappa shape index (κ1) is 14.2. The lowest BCUT2D eigenvalue weighted by Gasteiger charge is -2.37. The number of nitrogens with one attached hydrogen (secondary N) is 1. The molecule has 0 amide bonds. The van der Waals surface area contributed by atoms with Gasteiger partial charge in [0.05, 0.1) is 13.5 Å². The Labute approximate surface area is 111 Å². The monoisotopic (exact) mass is 273 g/mol. The van der Waals surface area contributed by atoms with Gasteiger partial charge in [0.25, 0.3) is 0 Å². The molecule has 0 bridgehead atoms. The van der Waals surface area contributed by atoms with Crippen molar-refractivity contribution in [3.05, 3.63) is 29.8 Å². The van der Waals surface area contributed by atoms with Gasteiger partial charge in [0.1, 0.15) is 5.75 Å². The molecular weight excluding hydrogens is 255 g/mol. The minimum absolute atomic E-state index is 0.00676. The van der Waals surface area contributed by atoms with Gasteiger partial charge < -0.3 is 10.1 Å². The van der Waals surface area contributed by atoms with Gasteiger partial charge in [-0.3, -0.25) is 0 Å². The zero-order valence-corrected chi connectivity index (χ0v) is 10.8. The molecule has 106 valence electrons. The second-order valence-electron chi connectivity index (χ2n) is 4.93. The van der Waals surface area contributed by atoms with Crippen LogP contribution in [0.4, 0.5) is 13.2 Å². The number of hydrogen-bond acceptors (Lipinski definition) is 2. The maximum absolute atomic E-state index is 12.0. The molecule has 0 atom stereocenters. The molecule has 5 heteroatoms. The molecule has 0 radical (unpaired) electrons. The molecule has 1 aromatic rings. The molecule has 1 saturated carbocycles. The first-order chi connectivity index (χ1) is 8.99. The number of methoxy groups -OCH3 is 1. The third-order valence-corrected chi connectivity index (χ3v) is 3.56. The quantitative estimate of drug-likeness (QED) is 0.886. The van der Waals surface area contributed by atoms with Crippen LogP contribution in [-0.2, 0) is 0 Å². The number of rotatable bonds is 5. The van der Waals surface area contributed by atoms with Gasteiger partial charge in [-0.1, -0.05) is 18.2 Å². The number of halogens is 3. The predicted octanol–water partition coefficient (Wildman–Crippen LogP) is 3.48. The SMILES string of the molecule is COc1ccccc1C1CC(NCCC(F)(F)F)C1. The van der Waals surface area contributed by atoms with E-state index in [0.29, 0.717) is 5.92 Å². The molecule has 0 aliphatic heterocycles. The summed E-state index contributed by atoms with van der Waals surface area (Å²) in [7, 11) is 1.64. The van der Waals surface area contributed by atoms with Crippen LogP contribution in [0.25, 0.3) is 0 Å². The fraction of sp³-hybridized carbons (Fsp3) is 0.571. The van der Waals surface area contributed by atoms with Gasteiger partial charge >= 0.3 is 6.18 Å². The van der Waals surface area contributed by atoms with Gasteiger partial charge in [-0.25, -0.2) is 0 Å². The Hall–Kier alpha value is -1.23. The summed E-state index contributed by atoms with van der Waals surface area (Å²) in [6.45, 7) is 0.00676. The minimum Gasteiger partial charge on any atom is -0.496 e. The van der Waals surface area contributed by atoms with E-state index in [1.54, 1.807) is 7.11 Å². The highest BCUT2D eigenvalue weighted by Gasteiger charge is 2.33. The summed E-state index contributed by atoms with van der Waals surface area (Å²) < 4.78 is 41.3. The van der Waals surface area contributed by atoms with E-state index >= 15 is 0 Å². The Kier molecular flexibility index (Phi) is 4.34. The minimum atomic E-state index is -4.07. The average molecular weight is 273 g/mol. The van der Waals surface area contributed by atoms with Crippen molar-refractivity contribution in [1.29, 1.82) is 0 Å². The molecule has 1 N–H and O–H groups in total. The van der Waals surface area contributed by atoms with Crippen molar-refractivity contribution in [3.63, 3.8) is 0 Å². The highest BCUT2D eigenvalue weighted by Crippen LogP contribution is 2.40. The normalized spacial score (nSPS) is 22.9. The first-order valence-electron chi connectivity index (χ1n) is 6.42. The molecule has 1 fully saturated rings. The van der Waals surface area contributed by atoms with E-state index in [2.05, 4.69) is 5.32 Å². The summed E-state index contributed by atoms with van der Waals surface area (Å²) in [5.41, 5.74) is 1.15. The summed E-state index contributed by atoms with van der Waals surface area (Å²) in [4.78, 5) is 0. The third-order valence-electron chi connectivity index (χ3n) is 3.56. The maximum atomic E-state index is 12.0. The molecule has 0 unspecified atom stereocenters. The summed E-state index contributed by atoms with van der Waals surface area (Å²) >= 11 is 0. The largest absolute Gasteiger partial charge is 0.496 e. The summed E-state index contributed by atoms with van der Waals surface area (Å²) in [5.74, 6) is 1.25. The lowest BCUT2D eigenvalue weighted by atomic mass is 9.75. The van der Waals surface area contributed by atoms with Gasteiger partial charge in [0.15, 0.2) is 0 Å². The molecule has 19 heavy (non-hydrogen) atoms. The highest BCUT2D eigenvalue weighted by atomic mass is 19.4. The van der Waals surface area contributed by atoms with Crippen molar-refractivity contribution in [2.75, 3.05) is 13.7 Å². The predicted molar refractivity (Wildman–Crippen MR) is 67.4 cm³/mol. The van der Waals surface area contributed by atoms with E-state index in [0.717, 1.165) is 24.2 Å². The first-order valence-corrected chi connectivity index (χ1v) is 6.42. The second-order valence-corrected chi connectivity index (χ2v) is 4.93. The zero-order valence-electron chi connectivity index (χ0n) is 10.8. The van der Waals surface area contributed by atoms with Crippen LogP contribution in [0, 0.1) is 0 Å². The number of para-hydroxylation sites is 1. The molecule has 1 aliphatic rings. The summed E-state index contributed by atoms with van der Waals surface area (Å²) in [6, 6.07) is 8.01. The molecule has 0 spiro atoms. The maximum Gasteiger partial charge on any atom is 0.390 e. The summed E-state index contributed by atoms with van der Waals surface area (Å²) in [6.07, 6.45) is -3.09. The number of alkyl halides is 3. The van der Waals surface area contributed by atoms with E-state index in [9.17, 15) is 13.2 Å². The van der Waals surface area contributed by atoms with Crippen molar-refractivity contribution < 1.29 is 17.9 Å². The third kappa shape index (κ3) is 3.86. The van der Waals surface area contributed by atoms with E-state index < -0.39 is 12.6 Å². The molecule has 2 nitrogen and oxygen atoms in total. The van der Waals surface area contributed by atoms with Crippen LogP contribution in [0.15, 0.2) is 24.3 Å². The van der Waals surface area contributed by atoms with Gasteiger partial charge in [-0.15, -0.1) is 0 Å². The van der Waals surface area contributed by atoms with Crippen LogP contribution in [0.5, 0.6) is 5.75 Å². The summed E-state index contributed by atoms with van der Waals surface area (Å²) in [5, 5.41) is 2.95. The molecule has 2 rings (SSSR count). The van der Waals surface area contributed by atoms with E-state index in [1.807, 2.05) is 24.3 Å². The van der Waals surface area contributed by atoms with Crippen LogP contribution in [0.2, 0.25) is 0 Å². The van der Waals surface area contributed by atoms with Crippen LogP contribution in [-0.4, -0.2) is 25.9 Å². The Morgan fingerprint density at radius 3 is 2.58 bits per heavy atom. The fourth-order valence-corrected chi connectivity index (χ4v) is 2.46. The Bertz CT molecular complexity index is 413. The lowest BCUT2D eigenvalue weighted by Crippen LogP contribution is -2.41. The Morgan fingerprint density at radius 1 is 1.26 bits per heavy atom. The van der Waals surface area contributed by atoms with Crippen molar-refractivity contribution in [1.82, 2.24) is 5.32 Å². The van der Waals surface area contributed by atoms with Crippen molar-refractivity contribution in [3.8, 4) is 5.75 Å². The molecule has 0 heterocycles. The standard InChI is InChI=1S/C14H18F3NO/c1-19-13-5-3-2-4-12(13)10-8-11(9-10)18-7-6-14(15,16)17/h2-5,10-11,18H,6-9H2,1H3. The van der Waals surface area contributed by atoms with Crippen molar-refractivity contribution in [2.24, 2.45) is 0 Å². The van der Waals surface area contributed by atoms with Crippen molar-refractivity contribution >= 4 is 0 Å². The van der Waals surface area contributed by atoms with Gasteiger partial charge in [0, 0.05) is 12.6 Å². The Morgan fingerprint density at radius 2 is 1.95 bits per heavy atom. The Balaban J connectivity index is 1.77. The molecule has 1 aromatic carbocycles. The van der Waals surface area contributed by atoms with Crippen LogP contribution >= 0.6 is 0 Å². The number of hydrogen-bond donors (Lipinski definition) is 1. The van der Waals surface area contributed by atoms with Gasteiger partial charge in [-0.2, -0.15) is 13.2 Å². The van der Waals surface area contributed by atoms with Crippen molar-refractivity contribution in [2.45, 2.75) is 37.4 Å². The van der Waals surface area contributed by atoms with Crippen LogP contribution in [0.3, 0.4) is 0 Å². The highest BCUT2D eigenvalue weighted by molar-refractivity contribution is 5.37. The van der Waals surface area contributed by atoms with Crippen LogP contribution < -0.4 is 10.1 Å². The molecule has 0 saturated heterocycles. The number of benzene rings is 1. The van der Waals surface area contributed by atoms with Gasteiger partial charge in [-0.05, 0) is 30.4 Å². The second kappa shape index (κ2) is 5.82. The lowest BCUT2D eigenvalue weighted by molar-refractivity contribution is -0.133. The fourth-order valence-electron chi connectivity index (χ4n) is 2.46. The average Bonchev–Trinajstić information content (AvgIpc) is 2.31. The van der Waals surface area contributed by atoms with Gasteiger partial charge in [0.2, 0.25) is 0 Å². The topological polar surface area (TPSA) is 21.3 Å². The molecule has 0 aromatic heterocycles.